The quantitative estimate of drug-likeness (QED) is 0.796. The number of halogens is 3. The van der Waals surface area contributed by atoms with E-state index < -0.39 is 23.6 Å². The van der Waals surface area contributed by atoms with Gasteiger partial charge in [0.25, 0.3) is 0 Å². The van der Waals surface area contributed by atoms with Crippen LogP contribution in [0.25, 0.3) is 0 Å². The first-order chi connectivity index (χ1) is 8.51. The van der Waals surface area contributed by atoms with Crippen LogP contribution in [-0.2, 0) is 0 Å². The van der Waals surface area contributed by atoms with Crippen LogP contribution < -0.4 is 0 Å². The monoisotopic (exact) mass is 261 g/mol. The van der Waals surface area contributed by atoms with Gasteiger partial charge in [0, 0.05) is 12.1 Å². The van der Waals surface area contributed by atoms with Crippen LogP contribution in [-0.4, -0.2) is 29.6 Å². The molecule has 1 rings (SSSR count). The van der Waals surface area contributed by atoms with Crippen molar-refractivity contribution in [3.05, 3.63) is 35.1 Å². The summed E-state index contributed by atoms with van der Waals surface area (Å²) in [6.07, 6.45) is -0.843. The Labute approximate surface area is 105 Å². The van der Waals surface area contributed by atoms with Crippen LogP contribution in [0.3, 0.4) is 0 Å². The average molecular weight is 261 g/mol. The molecule has 0 aliphatic heterocycles. The van der Waals surface area contributed by atoms with E-state index in [4.69, 9.17) is 0 Å². The summed E-state index contributed by atoms with van der Waals surface area (Å²) in [6, 6.07) is 1.91. The minimum absolute atomic E-state index is 0.193. The largest absolute Gasteiger partial charge is 0.388 e. The lowest BCUT2D eigenvalue weighted by molar-refractivity contribution is 0.140. The molecule has 102 valence electrons. The summed E-state index contributed by atoms with van der Waals surface area (Å²) in [6.45, 7) is 6.18. The Balaban J connectivity index is 2.73. The zero-order valence-electron chi connectivity index (χ0n) is 10.6. The zero-order chi connectivity index (χ0) is 13.7. The summed E-state index contributed by atoms with van der Waals surface area (Å²) >= 11 is 0. The van der Waals surface area contributed by atoms with E-state index in [1.54, 1.807) is 0 Å². The Morgan fingerprint density at radius 2 is 1.72 bits per heavy atom. The molecule has 0 saturated heterocycles. The maximum Gasteiger partial charge on any atom is 0.194 e. The zero-order valence-corrected chi connectivity index (χ0v) is 10.6. The maximum atomic E-state index is 13.4. The average Bonchev–Trinajstić information content (AvgIpc) is 2.37. The molecule has 0 heterocycles. The van der Waals surface area contributed by atoms with Crippen molar-refractivity contribution in [2.24, 2.45) is 0 Å². The second-order valence-corrected chi connectivity index (χ2v) is 4.10. The van der Waals surface area contributed by atoms with Crippen LogP contribution in [0.2, 0.25) is 0 Å². The lowest BCUT2D eigenvalue weighted by atomic mass is 10.1. The molecule has 0 aliphatic rings. The van der Waals surface area contributed by atoms with Gasteiger partial charge >= 0.3 is 0 Å². The third kappa shape index (κ3) is 3.46. The second-order valence-electron chi connectivity index (χ2n) is 4.10. The SMILES string of the molecule is CCN(CC)CCC(O)c1ccc(F)c(F)c1F. The van der Waals surface area contributed by atoms with Gasteiger partial charge in [0.2, 0.25) is 0 Å². The molecule has 0 aromatic heterocycles. The van der Waals surface area contributed by atoms with Gasteiger partial charge in [-0.15, -0.1) is 0 Å². The first kappa shape index (κ1) is 15.0. The molecule has 0 saturated carbocycles. The normalized spacial score (nSPS) is 13.1. The minimum atomic E-state index is -1.53. The van der Waals surface area contributed by atoms with Gasteiger partial charge in [-0.1, -0.05) is 19.9 Å². The molecule has 0 fully saturated rings. The number of benzene rings is 1. The number of hydrogen-bond donors (Lipinski definition) is 1. The van der Waals surface area contributed by atoms with Crippen LogP contribution in [0.1, 0.15) is 31.9 Å². The van der Waals surface area contributed by atoms with E-state index in [-0.39, 0.29) is 12.0 Å². The van der Waals surface area contributed by atoms with Crippen LogP contribution >= 0.6 is 0 Å². The topological polar surface area (TPSA) is 23.5 Å². The summed E-state index contributed by atoms with van der Waals surface area (Å²) in [5.41, 5.74) is -0.193. The smallest absolute Gasteiger partial charge is 0.194 e. The summed E-state index contributed by atoms with van der Waals surface area (Å²) < 4.78 is 39.2. The van der Waals surface area contributed by atoms with Crippen molar-refractivity contribution in [3.8, 4) is 0 Å². The minimum Gasteiger partial charge on any atom is -0.388 e. The molecular formula is C13H18F3NO. The van der Waals surface area contributed by atoms with Crippen molar-refractivity contribution in [3.63, 3.8) is 0 Å². The van der Waals surface area contributed by atoms with Gasteiger partial charge in [0.05, 0.1) is 6.10 Å². The third-order valence-electron chi connectivity index (χ3n) is 3.04. The summed E-state index contributed by atoms with van der Waals surface area (Å²) in [5, 5.41) is 9.80. The van der Waals surface area contributed by atoms with Gasteiger partial charge in [-0.25, -0.2) is 13.2 Å². The molecule has 18 heavy (non-hydrogen) atoms. The molecule has 0 aliphatic carbocycles. The molecular weight excluding hydrogens is 243 g/mol. The van der Waals surface area contributed by atoms with Gasteiger partial charge in [-0.2, -0.15) is 0 Å². The second kappa shape index (κ2) is 6.75. The molecule has 0 amide bonds. The number of aliphatic hydroxyl groups excluding tert-OH is 1. The Morgan fingerprint density at radius 3 is 2.28 bits per heavy atom. The van der Waals surface area contributed by atoms with Crippen LogP contribution in [0.4, 0.5) is 13.2 Å². The first-order valence-corrected chi connectivity index (χ1v) is 6.05. The molecule has 0 radical (unpaired) electrons. The molecule has 1 atom stereocenters. The maximum absolute atomic E-state index is 13.4. The van der Waals surface area contributed by atoms with Crippen molar-refractivity contribution in [1.82, 2.24) is 4.90 Å². The molecule has 1 unspecified atom stereocenters. The summed E-state index contributed by atoms with van der Waals surface area (Å²) in [5.74, 6) is -4.08. The third-order valence-corrected chi connectivity index (χ3v) is 3.04. The van der Waals surface area contributed by atoms with E-state index in [0.717, 1.165) is 25.2 Å². The molecule has 5 heteroatoms. The predicted octanol–water partition coefficient (Wildman–Crippen LogP) is 2.87. The molecule has 1 aromatic carbocycles. The van der Waals surface area contributed by atoms with Gasteiger partial charge in [-0.05, 0) is 25.6 Å². The Hall–Kier alpha value is -1.07. The standard InChI is InChI=1S/C13H18F3NO/c1-3-17(4-2)8-7-11(18)9-5-6-10(14)13(16)12(9)15/h5-6,11,18H,3-4,7-8H2,1-2H3. The summed E-state index contributed by atoms with van der Waals surface area (Å²) in [4.78, 5) is 2.06. The van der Waals surface area contributed by atoms with E-state index in [1.165, 1.54) is 0 Å². The highest BCUT2D eigenvalue weighted by Gasteiger charge is 2.19. The Kier molecular flexibility index (Phi) is 5.62. The highest BCUT2D eigenvalue weighted by molar-refractivity contribution is 5.22. The van der Waals surface area contributed by atoms with E-state index in [9.17, 15) is 18.3 Å². The molecule has 2 nitrogen and oxygen atoms in total. The van der Waals surface area contributed by atoms with E-state index >= 15 is 0 Å². The number of rotatable bonds is 6. The van der Waals surface area contributed by atoms with Crippen LogP contribution in [0, 0.1) is 17.5 Å². The van der Waals surface area contributed by atoms with Gasteiger partial charge in [-0.3, -0.25) is 0 Å². The van der Waals surface area contributed by atoms with Gasteiger partial charge in [0.1, 0.15) is 0 Å². The lowest BCUT2D eigenvalue weighted by Gasteiger charge is -2.20. The predicted molar refractivity (Wildman–Crippen MR) is 63.7 cm³/mol. The molecule has 1 N–H and O–H groups in total. The Morgan fingerprint density at radius 1 is 1.11 bits per heavy atom. The number of aliphatic hydroxyl groups is 1. The van der Waals surface area contributed by atoms with Crippen molar-refractivity contribution in [2.45, 2.75) is 26.4 Å². The van der Waals surface area contributed by atoms with E-state index in [2.05, 4.69) is 4.90 Å². The fraction of sp³-hybridized carbons (Fsp3) is 0.538. The van der Waals surface area contributed by atoms with Crippen molar-refractivity contribution in [2.75, 3.05) is 19.6 Å². The molecule has 0 spiro atoms. The highest BCUT2D eigenvalue weighted by Crippen LogP contribution is 2.23. The number of hydrogen-bond acceptors (Lipinski definition) is 2. The Bertz CT molecular complexity index is 394. The highest BCUT2D eigenvalue weighted by atomic mass is 19.2. The molecule has 0 bridgehead atoms. The van der Waals surface area contributed by atoms with Crippen molar-refractivity contribution < 1.29 is 18.3 Å². The fourth-order valence-electron chi connectivity index (χ4n) is 1.80. The van der Waals surface area contributed by atoms with Gasteiger partial charge < -0.3 is 10.0 Å². The van der Waals surface area contributed by atoms with Crippen LogP contribution in [0.5, 0.6) is 0 Å². The van der Waals surface area contributed by atoms with E-state index in [1.807, 2.05) is 13.8 Å². The first-order valence-electron chi connectivity index (χ1n) is 6.05. The van der Waals surface area contributed by atoms with Crippen molar-refractivity contribution >= 4 is 0 Å². The summed E-state index contributed by atoms with van der Waals surface area (Å²) in [7, 11) is 0. The lowest BCUT2D eigenvalue weighted by Crippen LogP contribution is -2.25. The van der Waals surface area contributed by atoms with Crippen LogP contribution in [0.15, 0.2) is 12.1 Å². The number of nitrogens with zero attached hydrogens (tertiary/aromatic N) is 1. The van der Waals surface area contributed by atoms with E-state index in [0.29, 0.717) is 6.54 Å². The van der Waals surface area contributed by atoms with Crippen molar-refractivity contribution in [1.29, 1.82) is 0 Å². The fourth-order valence-corrected chi connectivity index (χ4v) is 1.80. The van der Waals surface area contributed by atoms with Gasteiger partial charge in [0.15, 0.2) is 17.5 Å². The molecule has 1 aromatic rings.